The van der Waals surface area contributed by atoms with Gasteiger partial charge in [0.1, 0.15) is 0 Å². The van der Waals surface area contributed by atoms with Gasteiger partial charge in [-0.1, -0.05) is 25.2 Å². The van der Waals surface area contributed by atoms with Crippen LogP contribution in [-0.4, -0.2) is 36.9 Å². The van der Waals surface area contributed by atoms with Crippen LogP contribution in [0.5, 0.6) is 0 Å². The van der Waals surface area contributed by atoms with Crippen molar-refractivity contribution in [3.63, 3.8) is 0 Å². The zero-order valence-corrected chi connectivity index (χ0v) is 11.0. The third kappa shape index (κ3) is 4.08. The number of aliphatic hydroxyl groups is 1. The molecule has 1 rings (SSSR count). The summed E-state index contributed by atoms with van der Waals surface area (Å²) in [6, 6.07) is 0. The molecule has 0 saturated carbocycles. The van der Waals surface area contributed by atoms with Crippen molar-refractivity contribution in [1.82, 2.24) is 4.98 Å². The molecule has 0 radical (unpaired) electrons. The molecule has 16 heavy (non-hydrogen) atoms. The predicted molar refractivity (Wildman–Crippen MR) is 67.0 cm³/mol. The average Bonchev–Trinajstić information content (AvgIpc) is 2.72. The zero-order valence-electron chi connectivity index (χ0n) is 10.1. The topological polar surface area (TPSA) is 45.6 Å². The Morgan fingerprint density at radius 1 is 1.56 bits per heavy atom. The van der Waals surface area contributed by atoms with Crippen molar-refractivity contribution in [2.24, 2.45) is 5.92 Å². The Morgan fingerprint density at radius 3 is 2.81 bits per heavy atom. The van der Waals surface area contributed by atoms with Gasteiger partial charge in [0.25, 0.3) is 0 Å². The molecule has 1 heterocycles. The third-order valence-electron chi connectivity index (χ3n) is 2.12. The van der Waals surface area contributed by atoms with Gasteiger partial charge in [-0.2, -0.15) is 0 Å². The SMILES string of the molecule is COCCN(CC(C)C)c1ncc(CO)s1. The van der Waals surface area contributed by atoms with Crippen molar-refractivity contribution >= 4 is 16.5 Å². The fourth-order valence-electron chi connectivity index (χ4n) is 1.42. The molecule has 0 aliphatic carbocycles. The summed E-state index contributed by atoms with van der Waals surface area (Å²) in [6.07, 6.45) is 1.74. The third-order valence-corrected chi connectivity index (χ3v) is 3.16. The Labute approximate surface area is 101 Å². The standard InChI is InChI=1S/C11H20N2O2S/c1-9(2)7-13(4-5-15-3)11-12-6-10(8-14)16-11/h6,9,14H,4-5,7-8H2,1-3H3. The van der Waals surface area contributed by atoms with Gasteiger partial charge >= 0.3 is 0 Å². The van der Waals surface area contributed by atoms with Gasteiger partial charge in [-0.05, 0) is 5.92 Å². The van der Waals surface area contributed by atoms with Crippen LogP contribution in [0, 0.1) is 5.92 Å². The van der Waals surface area contributed by atoms with Crippen molar-refractivity contribution in [1.29, 1.82) is 0 Å². The second-order valence-corrected chi connectivity index (χ2v) is 5.19. The van der Waals surface area contributed by atoms with E-state index in [-0.39, 0.29) is 6.61 Å². The van der Waals surface area contributed by atoms with Crippen molar-refractivity contribution in [2.45, 2.75) is 20.5 Å². The first-order chi connectivity index (χ1) is 7.67. The highest BCUT2D eigenvalue weighted by Crippen LogP contribution is 2.23. The summed E-state index contributed by atoms with van der Waals surface area (Å²) in [7, 11) is 1.70. The van der Waals surface area contributed by atoms with E-state index < -0.39 is 0 Å². The van der Waals surface area contributed by atoms with Gasteiger partial charge < -0.3 is 14.7 Å². The number of aromatic nitrogens is 1. The maximum atomic E-state index is 9.02. The fraction of sp³-hybridized carbons (Fsp3) is 0.727. The summed E-state index contributed by atoms with van der Waals surface area (Å²) < 4.78 is 5.09. The van der Waals surface area contributed by atoms with Crippen LogP contribution in [0.25, 0.3) is 0 Å². The first-order valence-corrected chi connectivity index (χ1v) is 6.28. The molecule has 0 amide bonds. The van der Waals surface area contributed by atoms with E-state index in [0.29, 0.717) is 12.5 Å². The van der Waals surface area contributed by atoms with Crippen LogP contribution in [0.2, 0.25) is 0 Å². The van der Waals surface area contributed by atoms with Crippen LogP contribution in [0.15, 0.2) is 6.20 Å². The summed E-state index contributed by atoms with van der Waals surface area (Å²) >= 11 is 1.54. The molecule has 0 aliphatic heterocycles. The Morgan fingerprint density at radius 2 is 2.31 bits per heavy atom. The molecule has 0 saturated heterocycles. The molecular formula is C11H20N2O2S. The molecule has 0 aliphatic rings. The number of methoxy groups -OCH3 is 1. The van der Waals surface area contributed by atoms with E-state index in [9.17, 15) is 0 Å². The van der Waals surface area contributed by atoms with E-state index in [1.807, 2.05) is 0 Å². The Balaban J connectivity index is 2.66. The van der Waals surface area contributed by atoms with Gasteiger partial charge in [0.2, 0.25) is 0 Å². The second-order valence-electron chi connectivity index (χ2n) is 4.10. The number of anilines is 1. The summed E-state index contributed by atoms with van der Waals surface area (Å²) in [5.74, 6) is 0.582. The van der Waals surface area contributed by atoms with Crippen LogP contribution in [0.4, 0.5) is 5.13 Å². The molecule has 0 spiro atoms. The Bertz CT molecular complexity index is 302. The number of hydrogen-bond donors (Lipinski definition) is 1. The molecule has 0 unspecified atom stereocenters. The predicted octanol–water partition coefficient (Wildman–Crippen LogP) is 1.74. The van der Waals surface area contributed by atoms with Gasteiger partial charge in [-0.25, -0.2) is 4.98 Å². The van der Waals surface area contributed by atoms with E-state index in [2.05, 4.69) is 23.7 Å². The van der Waals surface area contributed by atoms with Crippen LogP contribution in [0.1, 0.15) is 18.7 Å². The van der Waals surface area contributed by atoms with Crippen LogP contribution in [0.3, 0.4) is 0 Å². The lowest BCUT2D eigenvalue weighted by Gasteiger charge is -2.23. The molecule has 5 heteroatoms. The van der Waals surface area contributed by atoms with Gasteiger partial charge in [0.05, 0.1) is 18.1 Å². The quantitative estimate of drug-likeness (QED) is 0.793. The largest absolute Gasteiger partial charge is 0.391 e. The molecule has 4 nitrogen and oxygen atoms in total. The number of hydrogen-bond acceptors (Lipinski definition) is 5. The monoisotopic (exact) mass is 244 g/mol. The van der Waals surface area contributed by atoms with Crippen molar-refractivity contribution < 1.29 is 9.84 Å². The van der Waals surface area contributed by atoms with E-state index in [1.54, 1.807) is 24.6 Å². The van der Waals surface area contributed by atoms with Crippen molar-refractivity contribution in [2.75, 3.05) is 31.7 Å². The minimum Gasteiger partial charge on any atom is -0.391 e. The van der Waals surface area contributed by atoms with E-state index in [1.165, 1.54) is 0 Å². The van der Waals surface area contributed by atoms with E-state index >= 15 is 0 Å². The first-order valence-electron chi connectivity index (χ1n) is 5.46. The first kappa shape index (κ1) is 13.4. The summed E-state index contributed by atoms with van der Waals surface area (Å²) in [4.78, 5) is 7.43. The van der Waals surface area contributed by atoms with Gasteiger partial charge in [-0.3, -0.25) is 0 Å². The lowest BCUT2D eigenvalue weighted by atomic mass is 10.2. The fourth-order valence-corrected chi connectivity index (χ4v) is 2.23. The van der Waals surface area contributed by atoms with Gasteiger partial charge in [0.15, 0.2) is 5.13 Å². The molecule has 0 aromatic carbocycles. The van der Waals surface area contributed by atoms with Gasteiger partial charge in [0, 0.05) is 26.4 Å². The number of nitrogens with zero attached hydrogens (tertiary/aromatic N) is 2. The number of rotatable bonds is 7. The Hall–Kier alpha value is -0.650. The lowest BCUT2D eigenvalue weighted by Crippen LogP contribution is -2.30. The highest BCUT2D eigenvalue weighted by atomic mass is 32.1. The highest BCUT2D eigenvalue weighted by Gasteiger charge is 2.12. The number of ether oxygens (including phenoxy) is 1. The normalized spacial score (nSPS) is 11.1. The molecule has 0 bridgehead atoms. The van der Waals surface area contributed by atoms with Crippen molar-refractivity contribution in [3.8, 4) is 0 Å². The maximum absolute atomic E-state index is 9.02. The van der Waals surface area contributed by atoms with Crippen LogP contribution >= 0.6 is 11.3 Å². The second kappa shape index (κ2) is 6.83. The van der Waals surface area contributed by atoms with Crippen LogP contribution in [-0.2, 0) is 11.3 Å². The minimum atomic E-state index is 0.0669. The molecule has 1 N–H and O–H groups in total. The van der Waals surface area contributed by atoms with Crippen molar-refractivity contribution in [3.05, 3.63) is 11.1 Å². The lowest BCUT2D eigenvalue weighted by molar-refractivity contribution is 0.204. The van der Waals surface area contributed by atoms with Crippen LogP contribution < -0.4 is 4.90 Å². The molecule has 0 atom stereocenters. The molecule has 0 fully saturated rings. The highest BCUT2D eigenvalue weighted by molar-refractivity contribution is 7.15. The number of aliphatic hydroxyl groups excluding tert-OH is 1. The minimum absolute atomic E-state index is 0.0669. The average molecular weight is 244 g/mol. The van der Waals surface area contributed by atoms with E-state index in [0.717, 1.165) is 23.1 Å². The number of thiazole rings is 1. The molecule has 1 aromatic rings. The van der Waals surface area contributed by atoms with E-state index in [4.69, 9.17) is 9.84 Å². The smallest absolute Gasteiger partial charge is 0.185 e. The molecule has 1 aromatic heterocycles. The Kier molecular flexibility index (Phi) is 5.73. The molecule has 92 valence electrons. The zero-order chi connectivity index (χ0) is 12.0. The van der Waals surface area contributed by atoms with Gasteiger partial charge in [-0.15, -0.1) is 0 Å². The summed E-state index contributed by atoms with van der Waals surface area (Å²) in [5, 5.41) is 9.99. The summed E-state index contributed by atoms with van der Waals surface area (Å²) in [6.45, 7) is 6.92. The maximum Gasteiger partial charge on any atom is 0.185 e. The molecular weight excluding hydrogens is 224 g/mol. The summed E-state index contributed by atoms with van der Waals surface area (Å²) in [5.41, 5.74) is 0.